The van der Waals surface area contributed by atoms with Gasteiger partial charge in [-0.25, -0.2) is 0 Å². The maximum absolute atomic E-state index is 6.61. The SMILES string of the molecule is C=C1CCC2(SCl)C(CCC3C4CCC(C)C4(C)CCC32)C1. The van der Waals surface area contributed by atoms with E-state index in [4.69, 9.17) is 10.7 Å². The predicted octanol–water partition coefficient (Wildman–Crippen LogP) is 6.84. The Bertz CT molecular complexity index is 474. The first-order valence-corrected chi connectivity index (χ1v) is 11.1. The zero-order valence-electron chi connectivity index (χ0n) is 14.2. The van der Waals surface area contributed by atoms with Gasteiger partial charge in [0.05, 0.1) is 0 Å². The highest BCUT2D eigenvalue weighted by Crippen LogP contribution is 2.68. The highest BCUT2D eigenvalue weighted by atomic mass is 35.7. The molecule has 124 valence electrons. The predicted molar refractivity (Wildman–Crippen MR) is 98.1 cm³/mol. The van der Waals surface area contributed by atoms with E-state index in [1.54, 1.807) is 11.0 Å². The molecular weight excluding hydrogens is 308 g/mol. The van der Waals surface area contributed by atoms with Crippen molar-refractivity contribution in [3.8, 4) is 0 Å². The molecule has 4 rings (SSSR count). The van der Waals surface area contributed by atoms with E-state index in [1.165, 1.54) is 63.4 Å². The Kier molecular flexibility index (Phi) is 3.93. The summed E-state index contributed by atoms with van der Waals surface area (Å²) < 4.78 is 0.374. The van der Waals surface area contributed by atoms with Crippen LogP contribution in [0, 0.1) is 35.0 Å². The molecule has 0 amide bonds. The Morgan fingerprint density at radius 2 is 1.91 bits per heavy atom. The van der Waals surface area contributed by atoms with E-state index < -0.39 is 0 Å². The molecule has 2 heteroatoms. The summed E-state index contributed by atoms with van der Waals surface area (Å²) in [4.78, 5) is 0. The minimum Gasteiger partial charge on any atom is -0.0998 e. The van der Waals surface area contributed by atoms with Crippen LogP contribution in [0.15, 0.2) is 12.2 Å². The van der Waals surface area contributed by atoms with Gasteiger partial charge < -0.3 is 0 Å². The number of allylic oxidation sites excluding steroid dienone is 1. The summed E-state index contributed by atoms with van der Waals surface area (Å²) in [5.41, 5.74) is 2.12. The van der Waals surface area contributed by atoms with E-state index >= 15 is 0 Å². The van der Waals surface area contributed by atoms with E-state index in [0.717, 1.165) is 29.6 Å². The standard InChI is InChI=1S/C20H31ClS/c1-13-8-11-20(22-21)15(12-13)5-6-16-17-7-4-14(2)19(17,3)10-9-18(16)20/h14-18H,1,4-12H2,2-3H3. The van der Waals surface area contributed by atoms with Gasteiger partial charge in [-0.1, -0.05) is 26.0 Å². The second kappa shape index (κ2) is 5.45. The van der Waals surface area contributed by atoms with Gasteiger partial charge in [0.1, 0.15) is 0 Å². The number of hydrogen-bond acceptors (Lipinski definition) is 1. The molecule has 0 N–H and O–H groups in total. The first-order chi connectivity index (χ1) is 10.5. The van der Waals surface area contributed by atoms with Crippen molar-refractivity contribution >= 4 is 21.7 Å². The highest BCUT2D eigenvalue weighted by Gasteiger charge is 2.60. The molecule has 0 saturated heterocycles. The minimum absolute atomic E-state index is 0.374. The third-order valence-electron chi connectivity index (χ3n) is 8.63. The summed E-state index contributed by atoms with van der Waals surface area (Å²) in [6, 6.07) is 0. The lowest BCUT2D eigenvalue weighted by Crippen LogP contribution is -2.56. The number of rotatable bonds is 1. The molecule has 0 aromatic rings. The first-order valence-electron chi connectivity index (χ1n) is 9.47. The van der Waals surface area contributed by atoms with Crippen LogP contribution < -0.4 is 0 Å². The summed E-state index contributed by atoms with van der Waals surface area (Å²) in [7, 11) is 8.34. The van der Waals surface area contributed by atoms with Crippen molar-refractivity contribution in [1.29, 1.82) is 0 Å². The summed E-state index contributed by atoms with van der Waals surface area (Å²) in [6.07, 6.45) is 12.5. The van der Waals surface area contributed by atoms with Crippen molar-refractivity contribution in [2.24, 2.45) is 35.0 Å². The van der Waals surface area contributed by atoms with E-state index in [-0.39, 0.29) is 0 Å². The molecule has 4 saturated carbocycles. The zero-order valence-corrected chi connectivity index (χ0v) is 15.8. The monoisotopic (exact) mass is 338 g/mol. The van der Waals surface area contributed by atoms with Crippen molar-refractivity contribution in [2.75, 3.05) is 0 Å². The van der Waals surface area contributed by atoms with Crippen LogP contribution in [0.5, 0.6) is 0 Å². The van der Waals surface area contributed by atoms with Crippen molar-refractivity contribution < 1.29 is 0 Å². The molecule has 0 heterocycles. The Hall–Kier alpha value is 0.380. The van der Waals surface area contributed by atoms with Crippen molar-refractivity contribution in [3.63, 3.8) is 0 Å². The van der Waals surface area contributed by atoms with E-state index in [9.17, 15) is 0 Å². The second-order valence-electron chi connectivity index (χ2n) is 9.16. The lowest BCUT2D eigenvalue weighted by atomic mass is 9.49. The first kappa shape index (κ1) is 15.9. The van der Waals surface area contributed by atoms with Gasteiger partial charge in [0.15, 0.2) is 0 Å². The molecule has 7 unspecified atom stereocenters. The zero-order chi connectivity index (χ0) is 15.5. The Morgan fingerprint density at radius 1 is 1.09 bits per heavy atom. The van der Waals surface area contributed by atoms with Crippen LogP contribution in [-0.4, -0.2) is 4.75 Å². The second-order valence-corrected chi connectivity index (χ2v) is 10.5. The van der Waals surface area contributed by atoms with Crippen LogP contribution >= 0.6 is 21.7 Å². The van der Waals surface area contributed by atoms with Crippen LogP contribution in [0.25, 0.3) is 0 Å². The van der Waals surface area contributed by atoms with Gasteiger partial charge in [-0.2, -0.15) is 0 Å². The van der Waals surface area contributed by atoms with Crippen LogP contribution in [-0.2, 0) is 0 Å². The lowest BCUT2D eigenvalue weighted by Gasteiger charge is -2.60. The number of halogens is 1. The van der Waals surface area contributed by atoms with Crippen molar-refractivity contribution in [3.05, 3.63) is 12.2 Å². The lowest BCUT2D eigenvalue weighted by molar-refractivity contribution is -0.0416. The quantitative estimate of drug-likeness (QED) is 0.471. The Labute approximate surface area is 145 Å². The van der Waals surface area contributed by atoms with Crippen LogP contribution in [0.1, 0.15) is 71.6 Å². The van der Waals surface area contributed by atoms with E-state index in [0.29, 0.717) is 10.2 Å². The maximum atomic E-state index is 6.61. The molecule has 0 aromatic carbocycles. The molecule has 4 aliphatic carbocycles. The van der Waals surface area contributed by atoms with E-state index in [2.05, 4.69) is 20.4 Å². The molecule has 0 nitrogen and oxygen atoms in total. The van der Waals surface area contributed by atoms with Gasteiger partial charge in [0.2, 0.25) is 0 Å². The van der Waals surface area contributed by atoms with Crippen LogP contribution in [0.2, 0.25) is 0 Å². The molecule has 0 bridgehead atoms. The third kappa shape index (κ3) is 2.03. The topological polar surface area (TPSA) is 0 Å². The molecule has 0 spiro atoms. The normalized spacial score (nSPS) is 54.5. The Balaban J connectivity index is 1.66. The van der Waals surface area contributed by atoms with Gasteiger partial charge >= 0.3 is 0 Å². The molecule has 4 fully saturated rings. The minimum atomic E-state index is 0.374. The Morgan fingerprint density at radius 3 is 2.68 bits per heavy atom. The molecule has 0 radical (unpaired) electrons. The number of hydrogen-bond donors (Lipinski definition) is 0. The fourth-order valence-electron chi connectivity index (χ4n) is 7.15. The fraction of sp³-hybridized carbons (Fsp3) is 0.900. The van der Waals surface area contributed by atoms with Crippen molar-refractivity contribution in [1.82, 2.24) is 0 Å². The summed E-state index contributed by atoms with van der Waals surface area (Å²) in [5.74, 6) is 4.55. The average molecular weight is 339 g/mol. The summed E-state index contributed by atoms with van der Waals surface area (Å²) >= 11 is 0. The van der Waals surface area contributed by atoms with Crippen LogP contribution in [0.4, 0.5) is 0 Å². The van der Waals surface area contributed by atoms with Crippen LogP contribution in [0.3, 0.4) is 0 Å². The van der Waals surface area contributed by atoms with E-state index in [1.807, 2.05) is 0 Å². The van der Waals surface area contributed by atoms with Gasteiger partial charge in [0.25, 0.3) is 0 Å². The smallest absolute Gasteiger partial charge is 0.0376 e. The summed E-state index contributed by atoms with van der Waals surface area (Å²) in [6.45, 7) is 9.42. The molecular formula is C20H31ClS. The summed E-state index contributed by atoms with van der Waals surface area (Å²) in [5, 5.41) is 0. The molecule has 4 aliphatic rings. The van der Waals surface area contributed by atoms with Crippen molar-refractivity contribution in [2.45, 2.75) is 76.4 Å². The van der Waals surface area contributed by atoms with Gasteiger partial charge in [0, 0.05) is 4.75 Å². The molecule has 7 atom stereocenters. The fourth-order valence-corrected chi connectivity index (χ4v) is 9.01. The largest absolute Gasteiger partial charge is 0.0998 e. The average Bonchev–Trinajstić information content (AvgIpc) is 2.82. The van der Waals surface area contributed by atoms with Gasteiger partial charge in [-0.3, -0.25) is 0 Å². The maximum Gasteiger partial charge on any atom is 0.0376 e. The van der Waals surface area contributed by atoms with Gasteiger partial charge in [-0.15, -0.1) is 0 Å². The van der Waals surface area contributed by atoms with Gasteiger partial charge in [-0.05, 0) is 114 Å². The third-order valence-corrected chi connectivity index (χ3v) is 10.6. The molecule has 0 aromatic heterocycles. The molecule has 0 aliphatic heterocycles. The number of fused-ring (bicyclic) bond motifs is 5. The molecule has 22 heavy (non-hydrogen) atoms. The highest BCUT2D eigenvalue weighted by molar-refractivity contribution is 8.22.